The van der Waals surface area contributed by atoms with Gasteiger partial charge < -0.3 is 9.84 Å². The van der Waals surface area contributed by atoms with E-state index in [9.17, 15) is 9.90 Å². The molecule has 2 aromatic heterocycles. The minimum atomic E-state index is -0.854. The SMILES string of the molecule is O=C(O)C1C[C@]2(CCO2)c2c1cnc1cc(Cl)nn21. The second kappa shape index (κ2) is 3.46. The van der Waals surface area contributed by atoms with E-state index in [2.05, 4.69) is 10.1 Å². The lowest BCUT2D eigenvalue weighted by Gasteiger charge is -2.39. The molecular formula is C12H10ClN3O3. The lowest BCUT2D eigenvalue weighted by atomic mass is 9.90. The molecule has 1 aliphatic heterocycles. The minimum absolute atomic E-state index is 0.342. The van der Waals surface area contributed by atoms with E-state index < -0.39 is 17.5 Å². The van der Waals surface area contributed by atoms with Gasteiger partial charge in [-0.3, -0.25) is 4.79 Å². The summed E-state index contributed by atoms with van der Waals surface area (Å²) in [4.78, 5) is 15.6. The maximum Gasteiger partial charge on any atom is 0.311 e. The Morgan fingerprint density at radius 3 is 3.05 bits per heavy atom. The number of carbonyl (C=O) groups is 1. The second-order valence-corrected chi connectivity index (χ2v) is 5.37. The van der Waals surface area contributed by atoms with E-state index in [1.165, 1.54) is 0 Å². The van der Waals surface area contributed by atoms with E-state index >= 15 is 0 Å². The van der Waals surface area contributed by atoms with Gasteiger partial charge in [0.15, 0.2) is 10.8 Å². The molecule has 0 amide bonds. The molecule has 2 atom stereocenters. The van der Waals surface area contributed by atoms with Crippen LogP contribution < -0.4 is 0 Å². The molecule has 4 rings (SSSR count). The van der Waals surface area contributed by atoms with Crippen molar-refractivity contribution >= 4 is 23.2 Å². The third kappa shape index (κ3) is 1.33. The summed E-state index contributed by atoms with van der Waals surface area (Å²) < 4.78 is 7.33. The fourth-order valence-electron chi connectivity index (χ4n) is 3.08. The number of nitrogens with zero attached hydrogens (tertiary/aromatic N) is 3. The average molecular weight is 280 g/mol. The van der Waals surface area contributed by atoms with E-state index in [1.54, 1.807) is 16.8 Å². The van der Waals surface area contributed by atoms with Crippen LogP contribution in [0.3, 0.4) is 0 Å². The van der Waals surface area contributed by atoms with Crippen molar-refractivity contribution in [2.24, 2.45) is 0 Å². The summed E-state index contributed by atoms with van der Waals surface area (Å²) >= 11 is 5.91. The van der Waals surface area contributed by atoms with Crippen LogP contribution in [0.1, 0.15) is 30.0 Å². The molecule has 98 valence electrons. The van der Waals surface area contributed by atoms with Crippen molar-refractivity contribution in [2.75, 3.05) is 6.61 Å². The third-order valence-corrected chi connectivity index (χ3v) is 4.19. The van der Waals surface area contributed by atoms with Crippen molar-refractivity contribution in [1.29, 1.82) is 0 Å². The number of halogens is 1. The zero-order valence-electron chi connectivity index (χ0n) is 9.84. The van der Waals surface area contributed by atoms with Crippen molar-refractivity contribution in [3.8, 4) is 0 Å². The van der Waals surface area contributed by atoms with Gasteiger partial charge in [-0.05, 0) is 6.42 Å². The van der Waals surface area contributed by atoms with E-state index in [-0.39, 0.29) is 0 Å². The Labute approximate surface area is 113 Å². The molecule has 1 fully saturated rings. The molecule has 1 aliphatic carbocycles. The number of aliphatic carboxylic acids is 1. The van der Waals surface area contributed by atoms with Crippen LogP contribution in [0.25, 0.3) is 5.65 Å². The molecule has 1 spiro atoms. The van der Waals surface area contributed by atoms with Crippen molar-refractivity contribution in [3.05, 3.63) is 28.7 Å². The summed E-state index contributed by atoms with van der Waals surface area (Å²) in [5, 5.41) is 13.9. The highest BCUT2D eigenvalue weighted by molar-refractivity contribution is 6.29. The van der Waals surface area contributed by atoms with E-state index in [0.717, 1.165) is 12.1 Å². The van der Waals surface area contributed by atoms with Crippen LogP contribution in [0.2, 0.25) is 5.15 Å². The first-order valence-corrected chi connectivity index (χ1v) is 6.40. The Hall–Kier alpha value is -1.66. The fraction of sp³-hybridized carbons (Fsp3) is 0.417. The largest absolute Gasteiger partial charge is 0.481 e. The summed E-state index contributed by atoms with van der Waals surface area (Å²) in [6.07, 6.45) is 2.86. The maximum atomic E-state index is 11.4. The van der Waals surface area contributed by atoms with E-state index in [0.29, 0.717) is 29.4 Å². The molecule has 0 saturated carbocycles. The number of rotatable bonds is 1. The standard InChI is InChI=1S/C12H10ClN3O3/c13-8-3-9-14-5-7-6(11(17)18)4-12(1-2-19-12)10(7)16(9)15-8/h3,5-6H,1-2,4H2,(H,17,18)/t6?,12-/m1/s1. The minimum Gasteiger partial charge on any atom is -0.481 e. The van der Waals surface area contributed by atoms with Gasteiger partial charge in [0.25, 0.3) is 0 Å². The van der Waals surface area contributed by atoms with Crippen LogP contribution in [-0.2, 0) is 15.1 Å². The van der Waals surface area contributed by atoms with Gasteiger partial charge in [-0.15, -0.1) is 0 Å². The summed E-state index contributed by atoms with van der Waals surface area (Å²) in [6.45, 7) is 0.643. The number of hydrogen-bond acceptors (Lipinski definition) is 4. The van der Waals surface area contributed by atoms with Crippen LogP contribution in [0.15, 0.2) is 12.3 Å². The lowest BCUT2D eigenvalue weighted by Crippen LogP contribution is -2.40. The predicted molar refractivity (Wildman–Crippen MR) is 65.2 cm³/mol. The maximum absolute atomic E-state index is 11.4. The van der Waals surface area contributed by atoms with Crippen LogP contribution >= 0.6 is 11.6 Å². The smallest absolute Gasteiger partial charge is 0.311 e. The lowest BCUT2D eigenvalue weighted by molar-refractivity contribution is -0.163. The Morgan fingerprint density at radius 2 is 2.42 bits per heavy atom. The Bertz CT molecular complexity index is 708. The normalized spacial score (nSPS) is 28.6. The molecule has 0 radical (unpaired) electrons. The van der Waals surface area contributed by atoms with Gasteiger partial charge in [-0.25, -0.2) is 9.50 Å². The molecule has 0 aromatic carbocycles. The zero-order chi connectivity index (χ0) is 13.2. The first kappa shape index (κ1) is 11.2. The van der Waals surface area contributed by atoms with Gasteiger partial charge in [0.2, 0.25) is 0 Å². The van der Waals surface area contributed by atoms with Gasteiger partial charge in [0, 0.05) is 24.2 Å². The third-order valence-electron chi connectivity index (χ3n) is 4.01. The van der Waals surface area contributed by atoms with Crippen LogP contribution in [0, 0.1) is 0 Å². The molecule has 7 heteroatoms. The monoisotopic (exact) mass is 279 g/mol. The molecule has 19 heavy (non-hydrogen) atoms. The summed E-state index contributed by atoms with van der Waals surface area (Å²) in [5.74, 6) is -1.44. The molecule has 1 saturated heterocycles. The highest BCUT2D eigenvalue weighted by Gasteiger charge is 2.53. The van der Waals surface area contributed by atoms with Gasteiger partial charge in [-0.1, -0.05) is 11.6 Å². The van der Waals surface area contributed by atoms with Crippen molar-refractivity contribution in [1.82, 2.24) is 14.6 Å². The van der Waals surface area contributed by atoms with Crippen molar-refractivity contribution in [2.45, 2.75) is 24.4 Å². The number of carboxylic acids is 1. The predicted octanol–water partition coefficient (Wildman–Crippen LogP) is 1.57. The first-order chi connectivity index (χ1) is 9.11. The van der Waals surface area contributed by atoms with Gasteiger partial charge in [-0.2, -0.15) is 5.10 Å². The molecule has 0 bridgehead atoms. The number of carboxylic acid groups (broad SMARTS) is 1. The van der Waals surface area contributed by atoms with Gasteiger partial charge >= 0.3 is 5.97 Å². The zero-order valence-corrected chi connectivity index (χ0v) is 10.6. The average Bonchev–Trinajstić information content (AvgIpc) is 2.83. The molecule has 1 N–H and O–H groups in total. The fourth-order valence-corrected chi connectivity index (χ4v) is 3.26. The van der Waals surface area contributed by atoms with Crippen molar-refractivity contribution < 1.29 is 14.6 Å². The Kier molecular flexibility index (Phi) is 2.04. The number of fused-ring (bicyclic) bond motifs is 4. The van der Waals surface area contributed by atoms with Crippen LogP contribution in [-0.4, -0.2) is 32.3 Å². The first-order valence-electron chi connectivity index (χ1n) is 6.02. The van der Waals surface area contributed by atoms with Crippen LogP contribution in [0.4, 0.5) is 0 Å². The van der Waals surface area contributed by atoms with E-state index in [1.807, 2.05) is 0 Å². The van der Waals surface area contributed by atoms with E-state index in [4.69, 9.17) is 16.3 Å². The molecule has 1 unspecified atom stereocenters. The molecule has 2 aliphatic rings. The molecular weight excluding hydrogens is 270 g/mol. The quantitative estimate of drug-likeness (QED) is 0.857. The number of ether oxygens (including phenoxy) is 1. The Balaban J connectivity index is 2.03. The summed E-state index contributed by atoms with van der Waals surface area (Å²) in [7, 11) is 0. The summed E-state index contributed by atoms with van der Waals surface area (Å²) in [6, 6.07) is 1.66. The summed E-state index contributed by atoms with van der Waals surface area (Å²) in [5.41, 5.74) is 1.56. The van der Waals surface area contributed by atoms with Gasteiger partial charge in [0.05, 0.1) is 18.2 Å². The molecule has 2 aromatic rings. The van der Waals surface area contributed by atoms with Crippen LogP contribution in [0.5, 0.6) is 0 Å². The Morgan fingerprint density at radius 1 is 1.63 bits per heavy atom. The number of aromatic nitrogens is 3. The highest BCUT2D eigenvalue weighted by atomic mass is 35.5. The van der Waals surface area contributed by atoms with Crippen molar-refractivity contribution in [3.63, 3.8) is 0 Å². The highest BCUT2D eigenvalue weighted by Crippen LogP contribution is 2.52. The molecule has 6 nitrogen and oxygen atoms in total. The van der Waals surface area contributed by atoms with Gasteiger partial charge in [0.1, 0.15) is 5.60 Å². The molecule has 3 heterocycles. The number of hydrogen-bond donors (Lipinski definition) is 1. The second-order valence-electron chi connectivity index (χ2n) is 4.99. The topological polar surface area (TPSA) is 76.7 Å².